The fraction of sp³-hybridized carbons (Fsp3) is 0.276. The first-order valence-electron chi connectivity index (χ1n) is 12.5. The van der Waals surface area contributed by atoms with Gasteiger partial charge in [-0.05, 0) is 87.4 Å². The number of hydrogen-bond donors (Lipinski definition) is 3. The van der Waals surface area contributed by atoms with Gasteiger partial charge in [0.25, 0.3) is 5.91 Å². The molecule has 3 N–H and O–H groups in total. The maximum atomic E-state index is 13.2. The van der Waals surface area contributed by atoms with E-state index in [1.165, 1.54) is 12.1 Å². The number of anilines is 3. The van der Waals surface area contributed by atoms with Crippen LogP contribution in [0.15, 0.2) is 48.5 Å². The molecule has 0 aromatic heterocycles. The van der Waals surface area contributed by atoms with E-state index in [-0.39, 0.29) is 25.7 Å². The second kappa shape index (κ2) is 12.3. The Bertz CT molecular complexity index is 1570. The summed E-state index contributed by atoms with van der Waals surface area (Å²) in [6, 6.07) is 12.6. The predicted molar refractivity (Wildman–Crippen MR) is 171 cm³/mol. The van der Waals surface area contributed by atoms with E-state index in [1.807, 2.05) is 0 Å². The van der Waals surface area contributed by atoms with E-state index < -0.39 is 39.7 Å². The summed E-state index contributed by atoms with van der Waals surface area (Å²) in [5.74, 6) is -2.38. The molecule has 42 heavy (non-hydrogen) atoms. The number of hydrogen-bond acceptors (Lipinski definition) is 4. The second-order valence-electron chi connectivity index (χ2n) is 10.7. The number of nitrogens with one attached hydrogen (secondary N) is 3. The van der Waals surface area contributed by atoms with Crippen molar-refractivity contribution in [2.24, 2.45) is 5.92 Å². The number of carbonyl (C=O) groups excluding carboxylic acids is 3. The molecule has 0 saturated heterocycles. The molecule has 1 aliphatic carbocycles. The lowest BCUT2D eigenvalue weighted by atomic mass is 10.1. The quantitative estimate of drug-likeness (QED) is 0.177. The van der Waals surface area contributed by atoms with Crippen molar-refractivity contribution in [3.05, 3.63) is 85.3 Å². The minimum absolute atomic E-state index is 0.122. The zero-order valence-electron chi connectivity index (χ0n) is 22.7. The number of benzene rings is 3. The summed E-state index contributed by atoms with van der Waals surface area (Å²) in [7, 11) is 0. The first-order chi connectivity index (χ1) is 19.5. The van der Waals surface area contributed by atoms with Gasteiger partial charge in [-0.2, -0.15) is 0 Å². The lowest BCUT2D eigenvalue weighted by Crippen LogP contribution is -2.27. The van der Waals surface area contributed by atoms with Crippen LogP contribution >= 0.6 is 69.6 Å². The molecule has 0 aliphatic heterocycles. The average molecular weight is 692 g/mol. The van der Waals surface area contributed by atoms with Crippen LogP contribution in [0, 0.1) is 12.8 Å². The number of halogens is 6. The highest BCUT2D eigenvalue weighted by Crippen LogP contribution is 2.65. The van der Waals surface area contributed by atoms with Gasteiger partial charge in [-0.3, -0.25) is 14.9 Å². The van der Waals surface area contributed by atoms with Crippen LogP contribution in [0.3, 0.4) is 0 Å². The Labute approximate surface area is 273 Å². The molecule has 0 bridgehead atoms. The summed E-state index contributed by atoms with van der Waals surface area (Å²) in [5.41, 5.74) is 2.03. The summed E-state index contributed by atoms with van der Waals surface area (Å²) in [4.78, 5) is 38.4. The van der Waals surface area contributed by atoms with Crippen LogP contribution in [0.25, 0.3) is 0 Å². The first-order valence-corrected chi connectivity index (χ1v) is 14.8. The zero-order valence-corrected chi connectivity index (χ0v) is 27.2. The van der Waals surface area contributed by atoms with Crippen LogP contribution in [-0.2, 0) is 9.53 Å². The molecule has 2 atom stereocenters. The number of amides is 3. The molecule has 13 heteroatoms. The van der Waals surface area contributed by atoms with Gasteiger partial charge in [0.15, 0.2) is 0 Å². The van der Waals surface area contributed by atoms with Crippen LogP contribution in [-0.4, -0.2) is 27.8 Å². The molecular formula is C29H25Cl6N3O4. The molecule has 7 nitrogen and oxygen atoms in total. The fourth-order valence-corrected chi connectivity index (χ4v) is 5.96. The highest BCUT2D eigenvalue weighted by Gasteiger charge is 2.67. The maximum absolute atomic E-state index is 13.2. The Kier molecular flexibility index (Phi) is 9.53. The SMILES string of the molecule is Cc1cc(NC(=O)OC(C)(C)C)ccc1NC(=O)c1cc(NC(=O)C2C(c3cc(Cl)c(Cl)c(Cl)c3)C2(Cl)Cl)ccc1Cl. The van der Waals surface area contributed by atoms with Gasteiger partial charge in [-0.25, -0.2) is 4.79 Å². The molecule has 0 spiro atoms. The highest BCUT2D eigenvalue weighted by molar-refractivity contribution is 6.54. The molecule has 1 fully saturated rings. The molecule has 3 amide bonds. The third kappa shape index (κ3) is 7.39. The van der Waals surface area contributed by atoms with Crippen molar-refractivity contribution in [1.82, 2.24) is 0 Å². The molecule has 1 aliphatic rings. The summed E-state index contributed by atoms with van der Waals surface area (Å²) in [6.07, 6.45) is -0.594. The summed E-state index contributed by atoms with van der Waals surface area (Å²) >= 11 is 37.6. The van der Waals surface area contributed by atoms with Gasteiger partial charge in [0.05, 0.1) is 31.6 Å². The van der Waals surface area contributed by atoms with Gasteiger partial charge < -0.3 is 15.4 Å². The fourth-order valence-electron chi connectivity index (χ4n) is 4.31. The van der Waals surface area contributed by atoms with E-state index in [9.17, 15) is 14.4 Å². The molecule has 222 valence electrons. The number of rotatable bonds is 6. The average Bonchev–Trinajstić information content (AvgIpc) is 3.45. The van der Waals surface area contributed by atoms with Crippen molar-refractivity contribution in [3.8, 4) is 0 Å². The second-order valence-corrected chi connectivity index (χ2v) is 13.8. The minimum atomic E-state index is -1.40. The topological polar surface area (TPSA) is 96.5 Å². The standard InChI is InChI=1S/C29H25Cl6N3O4/c1-13-9-15(37-27(41)42-28(2,3)4)6-8-21(13)38-25(39)17-12-16(5-7-18(17)30)36-26(40)23-22(29(23,34)35)14-10-19(31)24(33)20(32)11-14/h5-12,22-23H,1-4H3,(H,36,40)(H,37,41)(H,38,39). The van der Waals surface area contributed by atoms with Crippen LogP contribution in [0.2, 0.25) is 20.1 Å². The molecule has 0 heterocycles. The van der Waals surface area contributed by atoms with Crippen molar-refractivity contribution < 1.29 is 19.1 Å². The van der Waals surface area contributed by atoms with E-state index in [0.717, 1.165) is 0 Å². The Morgan fingerprint density at radius 1 is 0.810 bits per heavy atom. The van der Waals surface area contributed by atoms with Crippen LogP contribution in [0.1, 0.15) is 48.2 Å². The predicted octanol–water partition coefficient (Wildman–Crippen LogP) is 9.73. The van der Waals surface area contributed by atoms with Crippen LogP contribution < -0.4 is 16.0 Å². The van der Waals surface area contributed by atoms with E-state index in [0.29, 0.717) is 28.2 Å². The van der Waals surface area contributed by atoms with Crippen molar-refractivity contribution >= 4 is 105 Å². The highest BCUT2D eigenvalue weighted by atomic mass is 35.5. The van der Waals surface area contributed by atoms with Gasteiger partial charge in [0.2, 0.25) is 5.91 Å². The van der Waals surface area contributed by atoms with E-state index in [4.69, 9.17) is 74.3 Å². The minimum Gasteiger partial charge on any atom is -0.444 e. The molecule has 4 rings (SSSR count). The van der Waals surface area contributed by atoms with Crippen molar-refractivity contribution in [2.45, 2.75) is 43.5 Å². The summed E-state index contributed by atoms with van der Waals surface area (Å²) in [5, 5.41) is 8.99. The Morgan fingerprint density at radius 3 is 2.00 bits per heavy atom. The van der Waals surface area contributed by atoms with E-state index in [2.05, 4.69) is 16.0 Å². The maximum Gasteiger partial charge on any atom is 0.412 e. The smallest absolute Gasteiger partial charge is 0.412 e. The molecule has 1 saturated carbocycles. The lowest BCUT2D eigenvalue weighted by molar-refractivity contribution is -0.117. The number of ether oxygens (including phenoxy) is 1. The monoisotopic (exact) mass is 689 g/mol. The number of carbonyl (C=O) groups is 3. The molecular weight excluding hydrogens is 667 g/mol. The van der Waals surface area contributed by atoms with Crippen LogP contribution in [0.5, 0.6) is 0 Å². The van der Waals surface area contributed by atoms with E-state index >= 15 is 0 Å². The molecule has 3 aromatic carbocycles. The van der Waals surface area contributed by atoms with E-state index in [1.54, 1.807) is 64.1 Å². The van der Waals surface area contributed by atoms with Crippen molar-refractivity contribution in [2.75, 3.05) is 16.0 Å². The summed E-state index contributed by atoms with van der Waals surface area (Å²) < 4.78 is 3.86. The molecule has 2 unspecified atom stereocenters. The normalized spacial score (nSPS) is 17.3. The van der Waals surface area contributed by atoms with Gasteiger partial charge in [-0.1, -0.05) is 46.4 Å². The van der Waals surface area contributed by atoms with Gasteiger partial charge in [0.1, 0.15) is 9.93 Å². The lowest BCUT2D eigenvalue weighted by Gasteiger charge is -2.20. The first kappa shape index (κ1) is 32.5. The van der Waals surface area contributed by atoms with Crippen LogP contribution in [0.4, 0.5) is 21.9 Å². The number of alkyl halides is 2. The van der Waals surface area contributed by atoms with Crippen molar-refractivity contribution in [3.63, 3.8) is 0 Å². The third-order valence-electron chi connectivity index (χ3n) is 6.30. The zero-order chi connectivity index (χ0) is 31.1. The Balaban J connectivity index is 1.45. The molecule has 0 radical (unpaired) electrons. The number of aryl methyl sites for hydroxylation is 1. The Hall–Kier alpha value is -2.39. The third-order valence-corrected chi connectivity index (χ3v) is 8.77. The van der Waals surface area contributed by atoms with Gasteiger partial charge in [-0.15, -0.1) is 23.2 Å². The largest absolute Gasteiger partial charge is 0.444 e. The van der Waals surface area contributed by atoms with Crippen molar-refractivity contribution in [1.29, 1.82) is 0 Å². The van der Waals surface area contributed by atoms with Gasteiger partial charge >= 0.3 is 6.09 Å². The Morgan fingerprint density at radius 2 is 1.40 bits per heavy atom. The van der Waals surface area contributed by atoms with Gasteiger partial charge in [0, 0.05) is 23.0 Å². The summed E-state index contributed by atoms with van der Waals surface area (Å²) in [6.45, 7) is 7.07. The molecule has 3 aromatic rings.